The maximum Gasteiger partial charge on any atom is 0.225 e. The van der Waals surface area contributed by atoms with Crippen LogP contribution in [0.1, 0.15) is 20.8 Å². The number of likely N-dealkylation sites (N-methyl/N-ethyl adjacent to an activating group) is 1. The molecule has 2 atom stereocenters. The molecule has 1 saturated heterocycles. The Bertz CT molecular complexity index is 288. The van der Waals surface area contributed by atoms with Crippen LogP contribution in [-0.4, -0.2) is 47.7 Å². The van der Waals surface area contributed by atoms with Crippen molar-refractivity contribution in [1.82, 2.24) is 9.91 Å². The molecule has 2 unspecified atom stereocenters. The lowest BCUT2D eigenvalue weighted by atomic mass is 10.1. The third kappa shape index (κ3) is 1.73. The molecule has 0 aromatic carbocycles. The number of fused-ring (bicyclic) bond motifs is 1. The third-order valence-electron chi connectivity index (χ3n) is 3.25. The van der Waals surface area contributed by atoms with E-state index >= 15 is 0 Å². The van der Waals surface area contributed by atoms with Crippen molar-refractivity contribution in [2.45, 2.75) is 26.8 Å². The van der Waals surface area contributed by atoms with E-state index < -0.39 is 0 Å². The van der Waals surface area contributed by atoms with E-state index in [-0.39, 0.29) is 11.8 Å². The van der Waals surface area contributed by atoms with Gasteiger partial charge < -0.3 is 4.90 Å². The minimum atomic E-state index is 0.107. The van der Waals surface area contributed by atoms with E-state index in [4.69, 9.17) is 0 Å². The van der Waals surface area contributed by atoms with E-state index in [1.165, 1.54) is 0 Å². The molecule has 0 saturated carbocycles. The second-order valence-corrected chi connectivity index (χ2v) is 4.65. The van der Waals surface area contributed by atoms with Gasteiger partial charge in [-0.25, -0.2) is 0 Å². The summed E-state index contributed by atoms with van der Waals surface area (Å²) in [6.07, 6.45) is 2.00. The summed E-state index contributed by atoms with van der Waals surface area (Å²) < 4.78 is 0. The quantitative estimate of drug-likeness (QED) is 0.674. The molecule has 1 fully saturated rings. The lowest BCUT2D eigenvalue weighted by Gasteiger charge is -2.23. The van der Waals surface area contributed by atoms with Crippen molar-refractivity contribution in [3.8, 4) is 0 Å². The topological polar surface area (TPSA) is 35.9 Å². The van der Waals surface area contributed by atoms with E-state index in [2.05, 4.69) is 17.0 Å². The number of rotatable bonds is 2. The normalized spacial score (nSPS) is 29.1. The summed E-state index contributed by atoms with van der Waals surface area (Å²) in [6.45, 7) is 8.65. The predicted octanol–water partition coefficient (Wildman–Crippen LogP) is 0.791. The molecular weight excluding hydrogens is 190 g/mol. The van der Waals surface area contributed by atoms with Gasteiger partial charge in [0.1, 0.15) is 0 Å². The minimum absolute atomic E-state index is 0.107. The van der Waals surface area contributed by atoms with Crippen molar-refractivity contribution in [2.24, 2.45) is 16.9 Å². The largest absolute Gasteiger partial charge is 0.340 e. The highest BCUT2D eigenvalue weighted by molar-refractivity contribution is 5.79. The number of likely N-dealkylation sites (tertiary alicyclic amines) is 1. The molecule has 2 rings (SSSR count). The number of carbonyl (C=O) groups is 1. The van der Waals surface area contributed by atoms with Gasteiger partial charge in [0.25, 0.3) is 0 Å². The highest BCUT2D eigenvalue weighted by Crippen LogP contribution is 2.26. The van der Waals surface area contributed by atoms with Gasteiger partial charge in [-0.2, -0.15) is 5.10 Å². The Labute approximate surface area is 90.9 Å². The van der Waals surface area contributed by atoms with Crippen molar-refractivity contribution in [3.63, 3.8) is 0 Å². The lowest BCUT2D eigenvalue weighted by Crippen LogP contribution is -2.36. The fourth-order valence-electron chi connectivity index (χ4n) is 2.39. The van der Waals surface area contributed by atoms with Crippen LogP contribution >= 0.6 is 0 Å². The molecule has 0 spiro atoms. The van der Waals surface area contributed by atoms with Crippen LogP contribution in [0.4, 0.5) is 0 Å². The van der Waals surface area contributed by atoms with Crippen molar-refractivity contribution in [1.29, 1.82) is 0 Å². The standard InChI is InChI=1S/C11H19N3O/c1-4-14-10-7-13(11(15)8(2)3)6-9(10)5-12-14/h5,8-10H,4,6-7H2,1-3H3. The molecule has 0 aliphatic carbocycles. The van der Waals surface area contributed by atoms with Gasteiger partial charge in [0.15, 0.2) is 0 Å². The summed E-state index contributed by atoms with van der Waals surface area (Å²) in [5.74, 6) is 0.831. The van der Waals surface area contributed by atoms with E-state index in [9.17, 15) is 4.79 Å². The van der Waals surface area contributed by atoms with Crippen LogP contribution in [0.5, 0.6) is 0 Å². The number of amides is 1. The molecule has 15 heavy (non-hydrogen) atoms. The summed E-state index contributed by atoms with van der Waals surface area (Å²) in [5.41, 5.74) is 0. The Kier molecular flexibility index (Phi) is 2.67. The molecular formula is C11H19N3O. The number of hydrogen-bond donors (Lipinski definition) is 0. The zero-order chi connectivity index (χ0) is 11.0. The summed E-state index contributed by atoms with van der Waals surface area (Å²) in [6, 6.07) is 0.428. The Hall–Kier alpha value is -1.06. The zero-order valence-electron chi connectivity index (χ0n) is 9.68. The SMILES string of the molecule is CCN1N=CC2CN(C(=O)C(C)C)CC21. The monoisotopic (exact) mass is 209 g/mol. The number of carbonyl (C=O) groups excluding carboxylic acids is 1. The number of nitrogens with zero attached hydrogens (tertiary/aromatic N) is 3. The number of hydrazone groups is 1. The molecule has 4 heteroatoms. The highest BCUT2D eigenvalue weighted by Gasteiger charge is 2.40. The van der Waals surface area contributed by atoms with Crippen LogP contribution < -0.4 is 0 Å². The molecule has 1 amide bonds. The van der Waals surface area contributed by atoms with Crippen LogP contribution in [0.15, 0.2) is 5.10 Å². The Morgan fingerprint density at radius 3 is 2.87 bits per heavy atom. The van der Waals surface area contributed by atoms with Crippen molar-refractivity contribution >= 4 is 12.1 Å². The van der Waals surface area contributed by atoms with Crippen LogP contribution in [-0.2, 0) is 4.79 Å². The Morgan fingerprint density at radius 1 is 1.53 bits per heavy atom. The van der Waals surface area contributed by atoms with Crippen LogP contribution in [0.3, 0.4) is 0 Å². The van der Waals surface area contributed by atoms with Crippen LogP contribution in [0, 0.1) is 11.8 Å². The maximum absolute atomic E-state index is 11.8. The molecule has 0 N–H and O–H groups in total. The molecule has 2 aliphatic rings. The summed E-state index contributed by atoms with van der Waals surface area (Å²) in [5, 5.41) is 6.44. The molecule has 4 nitrogen and oxygen atoms in total. The van der Waals surface area contributed by atoms with E-state index in [0.29, 0.717) is 12.0 Å². The lowest BCUT2D eigenvalue weighted by molar-refractivity contribution is -0.133. The van der Waals surface area contributed by atoms with Gasteiger partial charge in [-0.1, -0.05) is 13.8 Å². The van der Waals surface area contributed by atoms with Crippen LogP contribution in [0.2, 0.25) is 0 Å². The Balaban J connectivity index is 2.01. The fourth-order valence-corrected chi connectivity index (χ4v) is 2.39. The Morgan fingerprint density at radius 2 is 2.27 bits per heavy atom. The van der Waals surface area contributed by atoms with E-state index in [0.717, 1.165) is 19.6 Å². The van der Waals surface area contributed by atoms with E-state index in [1.807, 2.05) is 25.0 Å². The second-order valence-electron chi connectivity index (χ2n) is 4.65. The van der Waals surface area contributed by atoms with Gasteiger partial charge in [0, 0.05) is 37.7 Å². The molecule has 2 aliphatic heterocycles. The second kappa shape index (κ2) is 3.83. The first kappa shape index (κ1) is 10.5. The molecule has 84 valence electrons. The first-order valence-corrected chi connectivity index (χ1v) is 5.73. The zero-order valence-corrected chi connectivity index (χ0v) is 9.68. The van der Waals surface area contributed by atoms with Gasteiger partial charge in [0.05, 0.1) is 6.04 Å². The predicted molar refractivity (Wildman–Crippen MR) is 59.6 cm³/mol. The fraction of sp³-hybridized carbons (Fsp3) is 0.818. The van der Waals surface area contributed by atoms with Gasteiger partial charge in [-0.3, -0.25) is 9.80 Å². The van der Waals surface area contributed by atoms with Gasteiger partial charge in [0.2, 0.25) is 5.91 Å². The molecule has 0 bridgehead atoms. The third-order valence-corrected chi connectivity index (χ3v) is 3.25. The first-order chi connectivity index (χ1) is 7.13. The first-order valence-electron chi connectivity index (χ1n) is 5.73. The van der Waals surface area contributed by atoms with Crippen molar-refractivity contribution in [2.75, 3.05) is 19.6 Å². The van der Waals surface area contributed by atoms with Crippen molar-refractivity contribution < 1.29 is 4.79 Å². The van der Waals surface area contributed by atoms with Crippen LogP contribution in [0.25, 0.3) is 0 Å². The summed E-state index contributed by atoms with van der Waals surface area (Å²) in [7, 11) is 0. The number of hydrogen-bond acceptors (Lipinski definition) is 3. The maximum atomic E-state index is 11.8. The average Bonchev–Trinajstić information content (AvgIpc) is 2.74. The summed E-state index contributed by atoms with van der Waals surface area (Å²) >= 11 is 0. The smallest absolute Gasteiger partial charge is 0.225 e. The molecule has 0 aromatic heterocycles. The highest BCUT2D eigenvalue weighted by atomic mass is 16.2. The summed E-state index contributed by atoms with van der Waals surface area (Å²) in [4.78, 5) is 13.8. The molecule has 0 aromatic rings. The molecule has 2 heterocycles. The average molecular weight is 209 g/mol. The van der Waals surface area contributed by atoms with Gasteiger partial charge in [-0.05, 0) is 6.92 Å². The van der Waals surface area contributed by atoms with E-state index in [1.54, 1.807) is 0 Å². The van der Waals surface area contributed by atoms with Crippen molar-refractivity contribution in [3.05, 3.63) is 0 Å². The minimum Gasteiger partial charge on any atom is -0.340 e. The molecule has 0 radical (unpaired) electrons. The van der Waals surface area contributed by atoms with Gasteiger partial charge >= 0.3 is 0 Å². The van der Waals surface area contributed by atoms with Gasteiger partial charge in [-0.15, -0.1) is 0 Å².